The number of hydrogen-bond donors (Lipinski definition) is 0. The highest BCUT2D eigenvalue weighted by atomic mass is 16.3. The molecule has 0 aromatic carbocycles. The summed E-state index contributed by atoms with van der Waals surface area (Å²) in [7, 11) is 2.01. The van der Waals surface area contributed by atoms with Crippen molar-refractivity contribution < 1.29 is 9.21 Å². The third-order valence-corrected chi connectivity index (χ3v) is 4.79. The van der Waals surface area contributed by atoms with Gasteiger partial charge >= 0.3 is 0 Å². The minimum absolute atomic E-state index is 0.165. The van der Waals surface area contributed by atoms with Gasteiger partial charge in [-0.25, -0.2) is 4.98 Å². The van der Waals surface area contributed by atoms with Crippen LogP contribution in [0.25, 0.3) is 0 Å². The summed E-state index contributed by atoms with van der Waals surface area (Å²) in [6.07, 6.45) is 4.94. The lowest BCUT2D eigenvalue weighted by Gasteiger charge is -2.40. The largest absolute Gasteiger partial charge is 0.466 e. The minimum Gasteiger partial charge on any atom is -0.466 e. The summed E-state index contributed by atoms with van der Waals surface area (Å²) >= 11 is 0. The Morgan fingerprint density at radius 2 is 2.21 bits per heavy atom. The molecule has 1 fully saturated rings. The number of carbonyl (C=O) groups is 1. The van der Waals surface area contributed by atoms with Crippen molar-refractivity contribution in [3.05, 3.63) is 41.9 Å². The van der Waals surface area contributed by atoms with Crippen LogP contribution in [0.15, 0.2) is 28.9 Å². The van der Waals surface area contributed by atoms with Gasteiger partial charge in [0.2, 0.25) is 5.91 Å². The zero-order valence-electron chi connectivity index (χ0n) is 14.7. The minimum atomic E-state index is 0.165. The molecule has 2 aromatic rings. The standard InChI is InChI=1S/C18H26N4O2/c1-4-21-11-12-22(13-16(21)18-19-9-10-20(18)3)17(23)8-7-15-6-5-14(2)24-15/h5-6,9-10,16H,4,7-8,11-13H2,1-3H3. The highest BCUT2D eigenvalue weighted by Crippen LogP contribution is 2.24. The normalized spacial score (nSPS) is 19.0. The number of furan rings is 1. The Morgan fingerprint density at radius 3 is 2.83 bits per heavy atom. The molecule has 6 nitrogen and oxygen atoms in total. The molecule has 0 bridgehead atoms. The lowest BCUT2D eigenvalue weighted by molar-refractivity contribution is -0.134. The average Bonchev–Trinajstić information content (AvgIpc) is 3.20. The highest BCUT2D eigenvalue weighted by molar-refractivity contribution is 5.76. The molecule has 1 amide bonds. The third-order valence-electron chi connectivity index (χ3n) is 4.79. The second-order valence-electron chi connectivity index (χ2n) is 6.39. The molecule has 1 atom stereocenters. The predicted octanol–water partition coefficient (Wildman–Crippen LogP) is 2.16. The van der Waals surface area contributed by atoms with Crippen LogP contribution in [0.2, 0.25) is 0 Å². The van der Waals surface area contributed by atoms with Gasteiger partial charge in [-0.05, 0) is 25.6 Å². The molecule has 130 valence electrons. The van der Waals surface area contributed by atoms with Gasteiger partial charge in [0.25, 0.3) is 0 Å². The van der Waals surface area contributed by atoms with Crippen LogP contribution < -0.4 is 0 Å². The number of piperazine rings is 1. The van der Waals surface area contributed by atoms with Gasteiger partial charge in [0.1, 0.15) is 17.3 Å². The average molecular weight is 330 g/mol. The van der Waals surface area contributed by atoms with Gasteiger partial charge < -0.3 is 13.9 Å². The Kier molecular flexibility index (Phi) is 5.04. The van der Waals surface area contributed by atoms with Crippen LogP contribution in [0.4, 0.5) is 0 Å². The maximum absolute atomic E-state index is 12.6. The number of imidazole rings is 1. The monoisotopic (exact) mass is 330 g/mol. The van der Waals surface area contributed by atoms with Gasteiger partial charge in [-0.3, -0.25) is 9.69 Å². The van der Waals surface area contributed by atoms with E-state index in [0.29, 0.717) is 19.4 Å². The smallest absolute Gasteiger partial charge is 0.223 e. The quantitative estimate of drug-likeness (QED) is 0.843. The van der Waals surface area contributed by atoms with E-state index in [4.69, 9.17) is 4.42 Å². The first-order valence-corrected chi connectivity index (χ1v) is 8.63. The van der Waals surface area contributed by atoms with Crippen LogP contribution in [0.3, 0.4) is 0 Å². The first-order chi connectivity index (χ1) is 11.6. The number of aromatic nitrogens is 2. The lowest BCUT2D eigenvalue weighted by Crippen LogP contribution is -2.51. The molecule has 0 saturated carbocycles. The topological polar surface area (TPSA) is 54.5 Å². The number of rotatable bonds is 5. The molecule has 0 radical (unpaired) electrons. The van der Waals surface area contributed by atoms with Crippen molar-refractivity contribution in [2.75, 3.05) is 26.2 Å². The summed E-state index contributed by atoms with van der Waals surface area (Å²) in [5.41, 5.74) is 0. The fourth-order valence-corrected chi connectivity index (χ4v) is 3.38. The van der Waals surface area contributed by atoms with Crippen LogP contribution in [0.1, 0.15) is 36.7 Å². The van der Waals surface area contributed by atoms with E-state index < -0.39 is 0 Å². The number of amides is 1. The lowest BCUT2D eigenvalue weighted by atomic mass is 10.1. The summed E-state index contributed by atoms with van der Waals surface area (Å²) in [4.78, 5) is 21.5. The molecule has 1 unspecified atom stereocenters. The Balaban J connectivity index is 1.64. The summed E-state index contributed by atoms with van der Waals surface area (Å²) in [6, 6.07) is 4.06. The van der Waals surface area contributed by atoms with Crippen molar-refractivity contribution in [2.45, 2.75) is 32.7 Å². The molecule has 6 heteroatoms. The molecule has 0 aliphatic carbocycles. The van der Waals surface area contributed by atoms with Crippen LogP contribution in [-0.2, 0) is 18.3 Å². The van der Waals surface area contributed by atoms with E-state index in [2.05, 4.69) is 16.8 Å². The van der Waals surface area contributed by atoms with Gasteiger partial charge in [-0.1, -0.05) is 6.92 Å². The second kappa shape index (κ2) is 7.21. The van der Waals surface area contributed by atoms with Crippen LogP contribution in [-0.4, -0.2) is 51.4 Å². The molecular formula is C18H26N4O2. The van der Waals surface area contributed by atoms with E-state index in [9.17, 15) is 4.79 Å². The molecule has 1 saturated heterocycles. The predicted molar refractivity (Wildman–Crippen MR) is 91.5 cm³/mol. The molecule has 1 aliphatic heterocycles. The Hall–Kier alpha value is -2.08. The van der Waals surface area contributed by atoms with E-state index in [1.54, 1.807) is 0 Å². The van der Waals surface area contributed by atoms with E-state index in [-0.39, 0.29) is 11.9 Å². The number of hydrogen-bond acceptors (Lipinski definition) is 4. The van der Waals surface area contributed by atoms with E-state index in [1.807, 2.05) is 48.0 Å². The summed E-state index contributed by atoms with van der Waals surface area (Å²) in [6.45, 7) is 7.42. The third kappa shape index (κ3) is 3.53. The maximum Gasteiger partial charge on any atom is 0.223 e. The van der Waals surface area contributed by atoms with E-state index >= 15 is 0 Å². The first kappa shape index (κ1) is 16.8. The van der Waals surface area contributed by atoms with Gasteiger partial charge in [0.05, 0.1) is 6.04 Å². The Labute approximate surface area is 143 Å². The molecule has 3 rings (SSSR count). The van der Waals surface area contributed by atoms with Crippen molar-refractivity contribution >= 4 is 5.91 Å². The Bertz CT molecular complexity index is 691. The Morgan fingerprint density at radius 1 is 1.38 bits per heavy atom. The summed E-state index contributed by atoms with van der Waals surface area (Å²) in [5.74, 6) is 2.99. The van der Waals surface area contributed by atoms with Crippen molar-refractivity contribution in [2.24, 2.45) is 7.05 Å². The first-order valence-electron chi connectivity index (χ1n) is 8.63. The molecular weight excluding hydrogens is 304 g/mol. The van der Waals surface area contributed by atoms with E-state index in [0.717, 1.165) is 37.0 Å². The SMILES string of the molecule is CCN1CCN(C(=O)CCc2ccc(C)o2)CC1c1nccn1C. The molecule has 3 heterocycles. The van der Waals surface area contributed by atoms with Crippen molar-refractivity contribution in [3.63, 3.8) is 0 Å². The zero-order valence-corrected chi connectivity index (χ0v) is 14.7. The molecule has 0 spiro atoms. The van der Waals surface area contributed by atoms with Crippen molar-refractivity contribution in [1.82, 2.24) is 19.4 Å². The van der Waals surface area contributed by atoms with Crippen molar-refractivity contribution in [3.8, 4) is 0 Å². The molecule has 1 aliphatic rings. The molecule has 0 N–H and O–H groups in total. The van der Waals surface area contributed by atoms with Crippen LogP contribution >= 0.6 is 0 Å². The highest BCUT2D eigenvalue weighted by Gasteiger charge is 2.31. The zero-order chi connectivity index (χ0) is 17.1. The van der Waals surface area contributed by atoms with Gasteiger partial charge in [-0.2, -0.15) is 0 Å². The maximum atomic E-state index is 12.6. The number of aryl methyl sites for hydroxylation is 3. The molecule has 2 aromatic heterocycles. The number of carbonyl (C=O) groups excluding carboxylic acids is 1. The van der Waals surface area contributed by atoms with E-state index in [1.165, 1.54) is 0 Å². The fourth-order valence-electron chi connectivity index (χ4n) is 3.38. The van der Waals surface area contributed by atoms with Gasteiger partial charge in [-0.15, -0.1) is 0 Å². The number of likely N-dealkylation sites (N-methyl/N-ethyl adjacent to an activating group) is 1. The number of nitrogens with zero attached hydrogens (tertiary/aromatic N) is 4. The van der Waals surface area contributed by atoms with Gasteiger partial charge in [0, 0.05) is 51.9 Å². The summed E-state index contributed by atoms with van der Waals surface area (Å²) in [5, 5.41) is 0. The van der Waals surface area contributed by atoms with Crippen LogP contribution in [0, 0.1) is 6.92 Å². The fraction of sp³-hybridized carbons (Fsp3) is 0.556. The van der Waals surface area contributed by atoms with Gasteiger partial charge in [0.15, 0.2) is 0 Å². The molecule has 24 heavy (non-hydrogen) atoms. The second-order valence-corrected chi connectivity index (χ2v) is 6.39. The van der Waals surface area contributed by atoms with Crippen LogP contribution in [0.5, 0.6) is 0 Å². The van der Waals surface area contributed by atoms with Crippen molar-refractivity contribution in [1.29, 1.82) is 0 Å². The summed E-state index contributed by atoms with van der Waals surface area (Å²) < 4.78 is 7.61.